The Morgan fingerprint density at radius 1 is 1.29 bits per heavy atom. The van der Waals surface area contributed by atoms with E-state index in [-0.39, 0.29) is 28.5 Å². The van der Waals surface area contributed by atoms with Gasteiger partial charge in [0.25, 0.3) is 0 Å². The van der Waals surface area contributed by atoms with E-state index in [1.54, 1.807) is 0 Å². The van der Waals surface area contributed by atoms with Gasteiger partial charge in [-0.05, 0) is 32.4 Å². The molecule has 7 nitrogen and oxygen atoms in total. The van der Waals surface area contributed by atoms with Crippen LogP contribution in [0.25, 0.3) is 0 Å². The summed E-state index contributed by atoms with van der Waals surface area (Å²) in [6.07, 6.45) is -4.56. The Bertz CT molecular complexity index is 951. The van der Waals surface area contributed by atoms with Crippen LogP contribution in [0.2, 0.25) is 0 Å². The van der Waals surface area contributed by atoms with E-state index >= 15 is 0 Å². The molecule has 11 heteroatoms. The summed E-state index contributed by atoms with van der Waals surface area (Å²) in [4.78, 5) is 13.4. The Morgan fingerprint density at radius 2 is 1.89 bits per heavy atom. The van der Waals surface area contributed by atoms with E-state index in [0.29, 0.717) is 0 Å². The Morgan fingerprint density at radius 3 is 2.43 bits per heavy atom. The molecule has 1 aromatic carbocycles. The SMILES string of the molecule is Cc1noc(C)c1S(=O)(=O)N[C@@H](C)C(=O)N(C)Cc1ccccc1C(F)(F)F. The molecule has 0 radical (unpaired) electrons. The van der Waals surface area contributed by atoms with Crippen LogP contribution in [-0.2, 0) is 27.5 Å². The predicted octanol–water partition coefficient (Wildman–Crippen LogP) is 2.64. The minimum absolute atomic E-state index is 0.0668. The van der Waals surface area contributed by atoms with Crippen LogP contribution in [-0.4, -0.2) is 37.5 Å². The molecule has 0 fully saturated rings. The zero-order valence-electron chi connectivity index (χ0n) is 15.7. The number of nitrogens with one attached hydrogen (secondary N) is 1. The van der Waals surface area contributed by atoms with Crippen molar-refractivity contribution in [3.63, 3.8) is 0 Å². The third-order valence-electron chi connectivity index (χ3n) is 4.05. The summed E-state index contributed by atoms with van der Waals surface area (Å²) in [5, 5.41) is 3.56. The number of nitrogens with zero attached hydrogens (tertiary/aromatic N) is 2. The Kier molecular flexibility index (Phi) is 6.19. The Balaban J connectivity index is 2.16. The second-order valence-corrected chi connectivity index (χ2v) is 8.00. The van der Waals surface area contributed by atoms with E-state index in [4.69, 9.17) is 4.52 Å². The summed E-state index contributed by atoms with van der Waals surface area (Å²) in [7, 11) is -2.79. The minimum Gasteiger partial charge on any atom is -0.360 e. The molecule has 154 valence electrons. The molecule has 0 bridgehead atoms. The molecule has 0 unspecified atom stereocenters. The van der Waals surface area contributed by atoms with Crippen molar-refractivity contribution in [2.75, 3.05) is 7.05 Å². The van der Waals surface area contributed by atoms with Crippen molar-refractivity contribution in [3.8, 4) is 0 Å². The van der Waals surface area contributed by atoms with Crippen molar-refractivity contribution in [2.24, 2.45) is 0 Å². The number of benzene rings is 1. The van der Waals surface area contributed by atoms with Gasteiger partial charge in [0.15, 0.2) is 5.76 Å². The molecule has 0 aliphatic carbocycles. The van der Waals surface area contributed by atoms with E-state index < -0.39 is 33.7 Å². The predicted molar refractivity (Wildman–Crippen MR) is 93.7 cm³/mol. The molecule has 0 aliphatic rings. The van der Waals surface area contributed by atoms with Gasteiger partial charge in [0.1, 0.15) is 10.6 Å². The summed E-state index contributed by atoms with van der Waals surface area (Å²) in [6.45, 7) is 3.84. The molecule has 2 aromatic rings. The van der Waals surface area contributed by atoms with Crippen molar-refractivity contribution >= 4 is 15.9 Å². The van der Waals surface area contributed by atoms with Crippen LogP contribution in [0.3, 0.4) is 0 Å². The van der Waals surface area contributed by atoms with Crippen molar-refractivity contribution in [2.45, 2.75) is 44.4 Å². The van der Waals surface area contributed by atoms with Crippen molar-refractivity contribution < 1.29 is 30.9 Å². The smallest absolute Gasteiger partial charge is 0.360 e. The van der Waals surface area contributed by atoms with Gasteiger partial charge in [-0.25, -0.2) is 8.42 Å². The number of rotatable bonds is 6. The topological polar surface area (TPSA) is 92.5 Å². The monoisotopic (exact) mass is 419 g/mol. The van der Waals surface area contributed by atoms with Gasteiger partial charge in [0.2, 0.25) is 15.9 Å². The van der Waals surface area contributed by atoms with Gasteiger partial charge >= 0.3 is 6.18 Å². The van der Waals surface area contributed by atoms with E-state index in [2.05, 4.69) is 9.88 Å². The maximum absolute atomic E-state index is 13.1. The van der Waals surface area contributed by atoms with Crippen LogP contribution in [0.1, 0.15) is 29.5 Å². The normalized spacial score (nSPS) is 13.4. The summed E-state index contributed by atoms with van der Waals surface area (Å²) < 4.78 is 71.3. The molecular formula is C17H20F3N3O4S. The van der Waals surface area contributed by atoms with E-state index in [9.17, 15) is 26.4 Å². The average Bonchev–Trinajstić information content (AvgIpc) is 2.92. The molecule has 28 heavy (non-hydrogen) atoms. The maximum atomic E-state index is 13.1. The highest BCUT2D eigenvalue weighted by Gasteiger charge is 2.34. The second kappa shape index (κ2) is 7.92. The van der Waals surface area contributed by atoms with Crippen molar-refractivity contribution in [3.05, 3.63) is 46.8 Å². The fourth-order valence-electron chi connectivity index (χ4n) is 2.80. The van der Waals surface area contributed by atoms with Gasteiger partial charge in [0, 0.05) is 13.6 Å². The molecule has 0 saturated heterocycles. The lowest BCUT2D eigenvalue weighted by Crippen LogP contribution is -2.45. The molecule has 1 aromatic heterocycles. The number of sulfonamides is 1. The van der Waals surface area contributed by atoms with Gasteiger partial charge in [-0.15, -0.1) is 0 Å². The molecule has 2 rings (SSSR count). The molecule has 0 aliphatic heterocycles. The number of carbonyl (C=O) groups excluding carboxylic acids is 1. The quantitative estimate of drug-likeness (QED) is 0.777. The maximum Gasteiger partial charge on any atom is 0.416 e. The molecule has 0 spiro atoms. The van der Waals surface area contributed by atoms with Crippen LogP contribution < -0.4 is 4.72 Å². The first-order valence-electron chi connectivity index (χ1n) is 8.20. The highest BCUT2D eigenvalue weighted by atomic mass is 32.2. The summed E-state index contributed by atoms with van der Waals surface area (Å²) in [5.74, 6) is -0.621. The van der Waals surface area contributed by atoms with E-state index in [1.807, 2.05) is 0 Å². The second-order valence-electron chi connectivity index (χ2n) is 6.35. The first kappa shape index (κ1) is 21.9. The van der Waals surface area contributed by atoms with Gasteiger partial charge in [0.05, 0.1) is 11.6 Å². The molecule has 1 heterocycles. The molecular weight excluding hydrogens is 399 g/mol. The van der Waals surface area contributed by atoms with Crippen molar-refractivity contribution in [1.82, 2.24) is 14.8 Å². The van der Waals surface area contributed by atoms with Crippen LogP contribution in [0, 0.1) is 13.8 Å². The van der Waals surface area contributed by atoms with Gasteiger partial charge in [-0.3, -0.25) is 4.79 Å². The largest absolute Gasteiger partial charge is 0.416 e. The zero-order valence-corrected chi connectivity index (χ0v) is 16.5. The van der Waals surface area contributed by atoms with Gasteiger partial charge in [-0.2, -0.15) is 17.9 Å². The molecule has 1 atom stereocenters. The average molecular weight is 419 g/mol. The lowest BCUT2D eigenvalue weighted by molar-refractivity contribution is -0.139. The first-order valence-corrected chi connectivity index (χ1v) is 9.68. The highest BCUT2D eigenvalue weighted by molar-refractivity contribution is 7.89. The van der Waals surface area contributed by atoms with Gasteiger partial charge in [-0.1, -0.05) is 23.4 Å². The summed E-state index contributed by atoms with van der Waals surface area (Å²) >= 11 is 0. The van der Waals surface area contributed by atoms with E-state index in [1.165, 1.54) is 46.0 Å². The summed E-state index contributed by atoms with van der Waals surface area (Å²) in [6, 6.07) is 3.69. The van der Waals surface area contributed by atoms with E-state index in [0.717, 1.165) is 11.0 Å². The standard InChI is InChI=1S/C17H20F3N3O4S/c1-10-15(12(3)27-21-10)28(25,26)22-11(2)16(24)23(4)9-13-7-5-6-8-14(13)17(18,19)20/h5-8,11,22H,9H2,1-4H3/t11-/m0/s1. The van der Waals surface area contributed by atoms with Crippen LogP contribution in [0.5, 0.6) is 0 Å². The molecule has 1 amide bonds. The lowest BCUT2D eigenvalue weighted by Gasteiger charge is -2.23. The third-order valence-corrected chi connectivity index (χ3v) is 5.83. The Hall–Kier alpha value is -2.40. The fourth-order valence-corrected chi connectivity index (χ4v) is 4.33. The third kappa shape index (κ3) is 4.71. The number of alkyl halides is 3. The fraction of sp³-hybridized carbons (Fsp3) is 0.412. The number of aromatic nitrogens is 1. The minimum atomic E-state index is -4.56. The van der Waals surface area contributed by atoms with Crippen molar-refractivity contribution in [1.29, 1.82) is 0 Å². The number of halogens is 3. The molecule has 1 N–H and O–H groups in total. The summed E-state index contributed by atoms with van der Waals surface area (Å²) in [5.41, 5.74) is -0.803. The number of likely N-dealkylation sites (N-methyl/N-ethyl adjacent to an activating group) is 1. The zero-order chi connectivity index (χ0) is 21.3. The Labute approximate surface area is 160 Å². The van der Waals surface area contributed by atoms with Crippen LogP contribution >= 0.6 is 0 Å². The van der Waals surface area contributed by atoms with Gasteiger partial charge < -0.3 is 9.42 Å². The lowest BCUT2D eigenvalue weighted by atomic mass is 10.1. The van der Waals surface area contributed by atoms with Crippen LogP contribution in [0.4, 0.5) is 13.2 Å². The number of hydrogen-bond donors (Lipinski definition) is 1. The number of amides is 1. The number of carbonyl (C=O) groups is 1. The highest BCUT2D eigenvalue weighted by Crippen LogP contribution is 2.32. The first-order chi connectivity index (χ1) is 12.8. The number of hydrogen-bond acceptors (Lipinski definition) is 5. The van der Waals surface area contributed by atoms with Crippen LogP contribution in [0.15, 0.2) is 33.7 Å². The molecule has 0 saturated carbocycles. The number of aryl methyl sites for hydroxylation is 2.